The molecule has 11 heteroatoms. The Kier molecular flexibility index (Phi) is 5.50. The number of aliphatic carboxylic acids is 1. The number of rotatable bonds is 6. The number of carbonyl (C=O) groups is 3. The minimum Gasteiger partial charge on any atom is -0.480 e. The van der Waals surface area contributed by atoms with Crippen molar-refractivity contribution in [2.45, 2.75) is 6.04 Å². The number of hydrogen-bond donors (Lipinski definition) is 4. The third-order valence-corrected chi connectivity index (χ3v) is 4.16. The number of halogens is 2. The smallest absolute Gasteiger partial charge is 0.328 e. The van der Waals surface area contributed by atoms with Crippen LogP contribution in [0.1, 0.15) is 20.7 Å². The molecule has 0 spiro atoms. The molecule has 0 fully saturated rings. The number of carboxylic acid groups (broad SMARTS) is 1. The van der Waals surface area contributed by atoms with Gasteiger partial charge in [0.25, 0.3) is 11.8 Å². The van der Waals surface area contributed by atoms with Crippen LogP contribution in [0.4, 0.5) is 4.39 Å². The van der Waals surface area contributed by atoms with Crippen LogP contribution in [0.2, 0.25) is 5.02 Å². The molecule has 2 aromatic carbocycles. The number of nitrogens with zero attached hydrogens (tertiary/aromatic N) is 2. The maximum absolute atomic E-state index is 13.8. The maximum atomic E-state index is 13.8. The van der Waals surface area contributed by atoms with E-state index in [2.05, 4.69) is 26.0 Å². The van der Waals surface area contributed by atoms with Crippen LogP contribution in [0.5, 0.6) is 0 Å². The molecule has 2 amide bonds. The minimum atomic E-state index is -1.50. The standard InChI is InChI=1S/C17H13ClFN5O4/c18-9-2-1-3-10(19)14(9)16(26)21-13(17(27)28)7-20-15(25)8-4-5-11-12(6-8)23-24-22-11/h1-6,13H,7H2,(H,20,25)(H,21,26)(H,27,28)(H,22,23,24)/t13-/m0/s1. The molecule has 1 heterocycles. The Hall–Kier alpha value is -3.53. The molecule has 0 aliphatic heterocycles. The maximum Gasteiger partial charge on any atom is 0.328 e. The van der Waals surface area contributed by atoms with Gasteiger partial charge in [0.2, 0.25) is 0 Å². The van der Waals surface area contributed by atoms with Gasteiger partial charge in [-0.1, -0.05) is 22.9 Å². The number of amides is 2. The van der Waals surface area contributed by atoms with Crippen LogP contribution in [0.15, 0.2) is 36.4 Å². The summed E-state index contributed by atoms with van der Waals surface area (Å²) in [6.07, 6.45) is 0. The molecule has 0 aliphatic carbocycles. The fourth-order valence-corrected chi connectivity index (χ4v) is 2.67. The predicted molar refractivity (Wildman–Crippen MR) is 96.5 cm³/mol. The van der Waals surface area contributed by atoms with Crippen molar-refractivity contribution >= 4 is 40.4 Å². The summed E-state index contributed by atoms with van der Waals surface area (Å²) in [7, 11) is 0. The number of carboxylic acids is 1. The lowest BCUT2D eigenvalue weighted by molar-refractivity contribution is -0.139. The molecule has 4 N–H and O–H groups in total. The van der Waals surface area contributed by atoms with Crippen molar-refractivity contribution in [3.05, 3.63) is 58.4 Å². The summed E-state index contributed by atoms with van der Waals surface area (Å²) in [6, 6.07) is 6.72. The van der Waals surface area contributed by atoms with Gasteiger partial charge < -0.3 is 15.7 Å². The molecule has 1 aromatic heterocycles. The highest BCUT2D eigenvalue weighted by Crippen LogP contribution is 2.18. The Morgan fingerprint density at radius 3 is 2.71 bits per heavy atom. The quantitative estimate of drug-likeness (QED) is 0.488. The van der Waals surface area contributed by atoms with Gasteiger partial charge in [0.15, 0.2) is 0 Å². The highest BCUT2D eigenvalue weighted by atomic mass is 35.5. The summed E-state index contributed by atoms with van der Waals surface area (Å²) in [5, 5.41) is 23.7. The second kappa shape index (κ2) is 8.01. The Bertz CT molecular complexity index is 1050. The van der Waals surface area contributed by atoms with Crippen LogP contribution in [0, 0.1) is 5.82 Å². The lowest BCUT2D eigenvalue weighted by Crippen LogP contribution is -2.48. The number of hydrogen-bond acceptors (Lipinski definition) is 5. The fraction of sp³-hybridized carbons (Fsp3) is 0.118. The van der Waals surface area contributed by atoms with E-state index >= 15 is 0 Å². The second-order valence-electron chi connectivity index (χ2n) is 5.71. The fourth-order valence-electron chi connectivity index (χ4n) is 2.42. The molecule has 3 aromatic rings. The highest BCUT2D eigenvalue weighted by Gasteiger charge is 2.24. The summed E-state index contributed by atoms with van der Waals surface area (Å²) >= 11 is 5.80. The van der Waals surface area contributed by atoms with Crippen molar-refractivity contribution in [2.24, 2.45) is 0 Å². The van der Waals surface area contributed by atoms with Crippen LogP contribution >= 0.6 is 11.6 Å². The highest BCUT2D eigenvalue weighted by molar-refractivity contribution is 6.33. The molecule has 0 unspecified atom stereocenters. The Morgan fingerprint density at radius 1 is 1.21 bits per heavy atom. The van der Waals surface area contributed by atoms with Crippen molar-refractivity contribution in [3.8, 4) is 0 Å². The van der Waals surface area contributed by atoms with E-state index in [1.807, 2.05) is 0 Å². The number of aromatic amines is 1. The summed E-state index contributed by atoms with van der Waals surface area (Å²) in [5.74, 6) is -3.88. The van der Waals surface area contributed by atoms with E-state index in [0.717, 1.165) is 6.07 Å². The zero-order valence-corrected chi connectivity index (χ0v) is 14.8. The molecule has 1 atom stereocenters. The lowest BCUT2D eigenvalue weighted by Gasteiger charge is -2.16. The average Bonchev–Trinajstić information content (AvgIpc) is 3.12. The molecule has 3 rings (SSSR count). The van der Waals surface area contributed by atoms with Gasteiger partial charge in [-0.25, -0.2) is 9.18 Å². The van der Waals surface area contributed by atoms with Gasteiger partial charge in [-0.15, -0.1) is 5.10 Å². The molecular weight excluding hydrogens is 393 g/mol. The number of nitrogens with one attached hydrogen (secondary N) is 3. The summed E-state index contributed by atoms with van der Waals surface area (Å²) in [6.45, 7) is -0.428. The first kappa shape index (κ1) is 19.2. The lowest BCUT2D eigenvalue weighted by atomic mass is 10.1. The zero-order chi connectivity index (χ0) is 20.3. The van der Waals surface area contributed by atoms with Gasteiger partial charge >= 0.3 is 5.97 Å². The molecular formula is C17H13ClFN5O4. The Balaban J connectivity index is 1.68. The van der Waals surface area contributed by atoms with E-state index in [0.29, 0.717) is 11.0 Å². The number of carbonyl (C=O) groups excluding carboxylic acids is 2. The van der Waals surface area contributed by atoms with Crippen molar-refractivity contribution in [1.29, 1.82) is 0 Å². The molecule has 28 heavy (non-hydrogen) atoms. The van der Waals surface area contributed by atoms with Crippen LogP contribution in [0.3, 0.4) is 0 Å². The van der Waals surface area contributed by atoms with Crippen molar-refractivity contribution in [1.82, 2.24) is 26.0 Å². The molecule has 0 saturated heterocycles. The van der Waals surface area contributed by atoms with E-state index < -0.39 is 41.8 Å². The van der Waals surface area contributed by atoms with Gasteiger partial charge in [0.05, 0.1) is 16.1 Å². The third-order valence-electron chi connectivity index (χ3n) is 3.85. The predicted octanol–water partition coefficient (Wildman–Crippen LogP) is 1.36. The summed E-state index contributed by atoms with van der Waals surface area (Å²) < 4.78 is 13.8. The Morgan fingerprint density at radius 2 is 2.00 bits per heavy atom. The normalized spacial score (nSPS) is 11.8. The molecule has 0 saturated carbocycles. The number of benzene rings is 2. The van der Waals surface area contributed by atoms with Gasteiger partial charge in [0, 0.05) is 12.1 Å². The minimum absolute atomic E-state index is 0.161. The van der Waals surface area contributed by atoms with Crippen LogP contribution in [0.25, 0.3) is 11.0 Å². The second-order valence-corrected chi connectivity index (χ2v) is 6.12. The van der Waals surface area contributed by atoms with E-state index in [1.54, 1.807) is 6.07 Å². The van der Waals surface area contributed by atoms with Crippen LogP contribution < -0.4 is 10.6 Å². The van der Waals surface area contributed by atoms with Crippen LogP contribution in [-0.4, -0.2) is 50.9 Å². The van der Waals surface area contributed by atoms with Crippen molar-refractivity contribution in [3.63, 3.8) is 0 Å². The summed E-state index contributed by atoms with van der Waals surface area (Å²) in [4.78, 5) is 35.9. The van der Waals surface area contributed by atoms with E-state index in [4.69, 9.17) is 11.6 Å². The topological polar surface area (TPSA) is 137 Å². The average molecular weight is 406 g/mol. The van der Waals surface area contributed by atoms with E-state index in [9.17, 15) is 23.9 Å². The molecule has 0 radical (unpaired) electrons. The van der Waals surface area contributed by atoms with Crippen molar-refractivity contribution in [2.75, 3.05) is 6.54 Å². The van der Waals surface area contributed by atoms with Gasteiger partial charge in [-0.3, -0.25) is 14.7 Å². The Labute approximate surface area is 161 Å². The van der Waals surface area contributed by atoms with Gasteiger partial charge in [0.1, 0.15) is 17.4 Å². The van der Waals surface area contributed by atoms with Gasteiger partial charge in [-0.05, 0) is 30.3 Å². The molecule has 144 valence electrons. The molecule has 0 aliphatic rings. The number of aromatic nitrogens is 3. The summed E-state index contributed by atoms with van der Waals surface area (Å²) in [5.41, 5.74) is 0.853. The SMILES string of the molecule is O=C(NC[C@H](NC(=O)c1c(F)cccc1Cl)C(=O)O)c1ccc2[nH]nnc2c1. The monoisotopic (exact) mass is 405 g/mol. The number of fused-ring (bicyclic) bond motifs is 1. The largest absolute Gasteiger partial charge is 0.480 e. The first-order valence-corrected chi connectivity index (χ1v) is 8.31. The molecule has 9 nitrogen and oxygen atoms in total. The molecule has 0 bridgehead atoms. The number of H-pyrrole nitrogens is 1. The van der Waals surface area contributed by atoms with Crippen LogP contribution in [-0.2, 0) is 4.79 Å². The van der Waals surface area contributed by atoms with Crippen molar-refractivity contribution < 1.29 is 23.9 Å². The first-order valence-electron chi connectivity index (χ1n) is 7.93. The third kappa shape index (κ3) is 4.07. The van der Waals surface area contributed by atoms with E-state index in [1.165, 1.54) is 24.3 Å². The zero-order valence-electron chi connectivity index (χ0n) is 14.1. The first-order chi connectivity index (χ1) is 13.4. The van der Waals surface area contributed by atoms with Gasteiger partial charge in [-0.2, -0.15) is 0 Å². The van der Waals surface area contributed by atoms with E-state index in [-0.39, 0.29) is 10.6 Å².